The maximum atomic E-state index is 13.0. The van der Waals surface area contributed by atoms with Crippen molar-refractivity contribution in [1.29, 1.82) is 0 Å². The Hall–Kier alpha value is -0.810. The van der Waals surface area contributed by atoms with E-state index in [0.29, 0.717) is 12.8 Å². The molecular weight excluding hydrogens is 719 g/mol. The van der Waals surface area contributed by atoms with Crippen LogP contribution < -0.4 is 5.32 Å². The third kappa shape index (κ3) is 30.0. The molecule has 1 fully saturated rings. The van der Waals surface area contributed by atoms with Crippen molar-refractivity contribution >= 4 is 5.91 Å². The molecule has 1 rings (SSSR count). The molecule has 1 aliphatic rings. The number of aliphatic hydroxyl groups is 5. The molecule has 6 N–H and O–H groups in total. The second-order valence-electron chi connectivity index (χ2n) is 17.6. The Balaban J connectivity index is 2.26. The molecule has 0 aliphatic carbocycles. The number of nitrogens with one attached hydrogen (secondary N) is 1. The van der Waals surface area contributed by atoms with Crippen molar-refractivity contribution in [3.8, 4) is 0 Å². The van der Waals surface area contributed by atoms with Gasteiger partial charge in [-0.05, 0) is 12.8 Å². The van der Waals surface area contributed by atoms with Gasteiger partial charge < -0.3 is 40.3 Å². The van der Waals surface area contributed by atoms with E-state index in [1.807, 2.05) is 0 Å². The zero-order valence-corrected chi connectivity index (χ0v) is 37.4. The summed E-state index contributed by atoms with van der Waals surface area (Å²) in [5, 5.41) is 54.4. The quantitative estimate of drug-likeness (QED) is 0.0334. The summed E-state index contributed by atoms with van der Waals surface area (Å²) < 4.78 is 11.3. The van der Waals surface area contributed by atoms with Gasteiger partial charge in [-0.25, -0.2) is 0 Å². The van der Waals surface area contributed by atoms with Crippen molar-refractivity contribution in [2.75, 3.05) is 13.2 Å². The van der Waals surface area contributed by atoms with Crippen molar-refractivity contribution in [2.45, 2.75) is 288 Å². The molecule has 1 aliphatic heterocycles. The van der Waals surface area contributed by atoms with Crippen LogP contribution in [0.25, 0.3) is 0 Å². The maximum absolute atomic E-state index is 13.0. The van der Waals surface area contributed by atoms with E-state index in [4.69, 9.17) is 9.47 Å². The van der Waals surface area contributed by atoms with E-state index >= 15 is 0 Å². The Bertz CT molecular complexity index is 862. The fourth-order valence-electron chi connectivity index (χ4n) is 8.22. The molecule has 0 radical (unpaired) electrons. The smallest absolute Gasteiger partial charge is 0.220 e. The van der Waals surface area contributed by atoms with Gasteiger partial charge in [0.25, 0.3) is 0 Å². The average molecular weight is 814 g/mol. The van der Waals surface area contributed by atoms with Gasteiger partial charge in [-0.3, -0.25) is 4.79 Å². The SMILES string of the molecule is CCCCCCCCCCCCCCCCCCCCCCC(=O)N[C@@H](CO[C@@H]1O[C@H](CO)[C@@H](O)C(O)C1O)[C@H](O)CCCCCCCCCCCCCCCC. The Labute approximate surface area is 351 Å². The van der Waals surface area contributed by atoms with Crippen LogP contribution >= 0.6 is 0 Å². The summed E-state index contributed by atoms with van der Waals surface area (Å²) in [4.78, 5) is 13.0. The van der Waals surface area contributed by atoms with E-state index in [1.54, 1.807) is 0 Å². The first kappa shape index (κ1) is 54.2. The van der Waals surface area contributed by atoms with Gasteiger partial charge in [0.05, 0.1) is 25.4 Å². The van der Waals surface area contributed by atoms with Gasteiger partial charge in [-0.2, -0.15) is 0 Å². The minimum absolute atomic E-state index is 0.131. The number of ether oxygens (including phenoxy) is 2. The summed E-state index contributed by atoms with van der Waals surface area (Å²) in [7, 11) is 0. The first-order valence-electron chi connectivity index (χ1n) is 24.7. The van der Waals surface area contributed by atoms with Crippen LogP contribution in [0.3, 0.4) is 0 Å². The Morgan fingerprint density at radius 3 is 1.25 bits per heavy atom. The van der Waals surface area contributed by atoms with Crippen LogP contribution in [0, 0.1) is 0 Å². The maximum Gasteiger partial charge on any atom is 0.220 e. The summed E-state index contributed by atoms with van der Waals surface area (Å²) >= 11 is 0. The first-order chi connectivity index (χ1) is 27.8. The lowest BCUT2D eigenvalue weighted by atomic mass is 9.99. The zero-order chi connectivity index (χ0) is 41.6. The molecule has 0 aromatic rings. The number of unbranched alkanes of at least 4 members (excludes halogenated alkanes) is 32. The Morgan fingerprint density at radius 2 is 0.877 bits per heavy atom. The predicted octanol–water partition coefficient (Wildman–Crippen LogP) is 10.7. The van der Waals surface area contributed by atoms with E-state index in [-0.39, 0.29) is 12.5 Å². The largest absolute Gasteiger partial charge is 0.394 e. The van der Waals surface area contributed by atoms with Crippen LogP contribution in [-0.4, -0.2) is 87.5 Å². The van der Waals surface area contributed by atoms with Crippen LogP contribution in [0.2, 0.25) is 0 Å². The summed E-state index contributed by atoms with van der Waals surface area (Å²) in [5.74, 6) is -0.139. The molecule has 1 saturated heterocycles. The monoisotopic (exact) mass is 814 g/mol. The van der Waals surface area contributed by atoms with Crippen LogP contribution in [0.1, 0.15) is 245 Å². The first-order valence-corrected chi connectivity index (χ1v) is 24.7. The average Bonchev–Trinajstić information content (AvgIpc) is 3.21. The van der Waals surface area contributed by atoms with Crippen LogP contribution in [0.4, 0.5) is 0 Å². The molecular formula is C48H95NO8. The minimum atomic E-state index is -1.55. The Morgan fingerprint density at radius 1 is 0.526 bits per heavy atom. The third-order valence-corrected chi connectivity index (χ3v) is 12.2. The van der Waals surface area contributed by atoms with Crippen molar-refractivity contribution in [3.05, 3.63) is 0 Å². The van der Waals surface area contributed by atoms with Crippen LogP contribution in [0.5, 0.6) is 0 Å². The highest BCUT2D eigenvalue weighted by Gasteiger charge is 2.44. The van der Waals surface area contributed by atoms with Gasteiger partial charge >= 0.3 is 0 Å². The van der Waals surface area contributed by atoms with E-state index in [9.17, 15) is 30.3 Å². The van der Waals surface area contributed by atoms with Gasteiger partial charge in [0.1, 0.15) is 24.4 Å². The molecule has 57 heavy (non-hydrogen) atoms. The van der Waals surface area contributed by atoms with E-state index in [0.717, 1.165) is 38.5 Å². The lowest BCUT2D eigenvalue weighted by Crippen LogP contribution is -2.60. The molecule has 0 aromatic heterocycles. The number of rotatable bonds is 42. The number of aliphatic hydroxyl groups excluding tert-OH is 5. The number of hydrogen-bond acceptors (Lipinski definition) is 8. The molecule has 7 atom stereocenters. The standard InChI is InChI=1S/C48H95NO8/c1-3-5-7-9-11-13-15-17-19-20-21-22-23-24-26-28-30-32-34-36-38-44(52)49-41(40-56-48-47(55)46(54)45(53)43(39-50)57-48)42(51)37-35-33-31-29-27-25-18-16-14-12-10-8-6-4-2/h41-43,45-48,50-51,53-55H,3-40H2,1-2H3,(H,49,52)/t41-,42+,43+,45+,46?,47?,48+/m0/s1. The van der Waals surface area contributed by atoms with Crippen molar-refractivity contribution in [3.63, 3.8) is 0 Å². The fraction of sp³-hybridized carbons (Fsp3) is 0.979. The molecule has 0 saturated carbocycles. The fourth-order valence-corrected chi connectivity index (χ4v) is 8.22. The van der Waals surface area contributed by atoms with Gasteiger partial charge in [0.15, 0.2) is 6.29 Å². The molecule has 0 aromatic carbocycles. The molecule has 0 spiro atoms. The highest BCUT2D eigenvalue weighted by molar-refractivity contribution is 5.76. The molecule has 1 amide bonds. The highest BCUT2D eigenvalue weighted by atomic mass is 16.7. The summed E-state index contributed by atoms with van der Waals surface area (Å²) in [6.07, 6.45) is 36.8. The van der Waals surface area contributed by atoms with Gasteiger partial charge in [-0.1, -0.05) is 226 Å². The Kier molecular flexibility index (Phi) is 37.4. The molecule has 0 bridgehead atoms. The minimum Gasteiger partial charge on any atom is -0.394 e. The number of hydrogen-bond donors (Lipinski definition) is 6. The lowest BCUT2D eigenvalue weighted by molar-refractivity contribution is -0.302. The van der Waals surface area contributed by atoms with Crippen molar-refractivity contribution in [2.24, 2.45) is 0 Å². The number of carbonyl (C=O) groups is 1. The second kappa shape index (κ2) is 39.3. The van der Waals surface area contributed by atoms with Gasteiger partial charge in [0.2, 0.25) is 5.91 Å². The normalized spacial score (nSPS) is 20.9. The highest BCUT2D eigenvalue weighted by Crippen LogP contribution is 2.23. The van der Waals surface area contributed by atoms with E-state index in [1.165, 1.54) is 180 Å². The van der Waals surface area contributed by atoms with Crippen LogP contribution in [-0.2, 0) is 14.3 Å². The third-order valence-electron chi connectivity index (χ3n) is 12.2. The van der Waals surface area contributed by atoms with Crippen LogP contribution in [0.15, 0.2) is 0 Å². The summed E-state index contributed by atoms with van der Waals surface area (Å²) in [6, 6.07) is -0.711. The second-order valence-corrected chi connectivity index (χ2v) is 17.6. The van der Waals surface area contributed by atoms with Gasteiger partial charge in [0, 0.05) is 6.42 Å². The zero-order valence-electron chi connectivity index (χ0n) is 37.4. The topological polar surface area (TPSA) is 149 Å². The summed E-state index contributed by atoms with van der Waals surface area (Å²) in [5.41, 5.74) is 0. The van der Waals surface area contributed by atoms with E-state index in [2.05, 4.69) is 19.2 Å². The van der Waals surface area contributed by atoms with Crippen molar-refractivity contribution < 1.29 is 39.8 Å². The number of amides is 1. The predicted molar refractivity (Wildman–Crippen MR) is 235 cm³/mol. The van der Waals surface area contributed by atoms with Gasteiger partial charge in [-0.15, -0.1) is 0 Å². The summed E-state index contributed by atoms with van der Waals surface area (Å²) in [6.45, 7) is 3.86. The molecule has 9 nitrogen and oxygen atoms in total. The van der Waals surface area contributed by atoms with E-state index < -0.39 is 49.5 Å². The van der Waals surface area contributed by atoms with Crippen molar-refractivity contribution in [1.82, 2.24) is 5.32 Å². The lowest BCUT2D eigenvalue weighted by Gasteiger charge is -2.40. The molecule has 2 unspecified atom stereocenters. The number of carbonyl (C=O) groups excluding carboxylic acids is 1. The molecule has 9 heteroatoms. The molecule has 340 valence electrons. The molecule has 1 heterocycles.